The van der Waals surface area contributed by atoms with Crippen molar-refractivity contribution < 1.29 is 9.90 Å². The summed E-state index contributed by atoms with van der Waals surface area (Å²) in [5.74, 6) is -0.259. The highest BCUT2D eigenvalue weighted by molar-refractivity contribution is 5.81. The van der Waals surface area contributed by atoms with E-state index in [-0.39, 0.29) is 0 Å². The molecular formula is C19H26O2. The van der Waals surface area contributed by atoms with Crippen molar-refractivity contribution in [2.75, 3.05) is 0 Å². The van der Waals surface area contributed by atoms with Gasteiger partial charge in [-0.05, 0) is 57.1 Å². The lowest BCUT2D eigenvalue weighted by Crippen LogP contribution is -2.06. The van der Waals surface area contributed by atoms with E-state index in [1.165, 1.54) is 36.5 Å². The van der Waals surface area contributed by atoms with Gasteiger partial charge in [-0.2, -0.15) is 0 Å². The van der Waals surface area contributed by atoms with E-state index in [1.54, 1.807) is 13.0 Å². The van der Waals surface area contributed by atoms with Gasteiger partial charge in [0.05, 0.1) is 0 Å². The highest BCUT2D eigenvalue weighted by Gasteiger charge is 2.14. The highest BCUT2D eigenvalue weighted by atomic mass is 16.4. The zero-order chi connectivity index (χ0) is 15.8. The third-order valence-corrected chi connectivity index (χ3v) is 3.81. The minimum Gasteiger partial charge on any atom is -0.478 e. The van der Waals surface area contributed by atoms with E-state index in [2.05, 4.69) is 32.9 Å². The molecule has 0 radical (unpaired) electrons. The minimum atomic E-state index is -0.911. The molecule has 1 atom stereocenters. The van der Waals surface area contributed by atoms with Crippen molar-refractivity contribution in [2.45, 2.75) is 47.0 Å². The molecule has 0 amide bonds. The average Bonchev–Trinajstić information content (AvgIpc) is 2.37. The van der Waals surface area contributed by atoms with Crippen LogP contribution in [0.5, 0.6) is 0 Å². The molecule has 0 aromatic carbocycles. The van der Waals surface area contributed by atoms with Gasteiger partial charge < -0.3 is 5.11 Å². The van der Waals surface area contributed by atoms with Gasteiger partial charge in [0.2, 0.25) is 0 Å². The van der Waals surface area contributed by atoms with Gasteiger partial charge in [-0.15, -0.1) is 0 Å². The number of carboxylic acids is 1. The number of rotatable bonds is 5. The van der Waals surface area contributed by atoms with E-state index < -0.39 is 5.97 Å². The van der Waals surface area contributed by atoms with Crippen molar-refractivity contribution in [1.82, 2.24) is 0 Å². The number of carbonyl (C=O) groups is 1. The third-order valence-electron chi connectivity index (χ3n) is 3.81. The van der Waals surface area contributed by atoms with Crippen molar-refractivity contribution in [3.05, 3.63) is 58.7 Å². The lowest BCUT2D eigenvalue weighted by molar-refractivity contribution is -0.131. The molecule has 0 fully saturated rings. The van der Waals surface area contributed by atoms with E-state index in [0.717, 1.165) is 11.1 Å². The van der Waals surface area contributed by atoms with E-state index >= 15 is 0 Å². The van der Waals surface area contributed by atoms with Gasteiger partial charge in [-0.25, -0.2) is 4.79 Å². The highest BCUT2D eigenvalue weighted by Crippen LogP contribution is 2.30. The van der Waals surface area contributed by atoms with E-state index in [4.69, 9.17) is 5.11 Å². The van der Waals surface area contributed by atoms with Gasteiger partial charge >= 0.3 is 5.97 Å². The molecule has 1 aliphatic rings. The molecule has 0 saturated carbocycles. The van der Waals surface area contributed by atoms with Crippen molar-refractivity contribution >= 4 is 5.97 Å². The fourth-order valence-corrected chi connectivity index (χ4v) is 2.57. The summed E-state index contributed by atoms with van der Waals surface area (Å²) in [6, 6.07) is 0. The van der Waals surface area contributed by atoms with E-state index in [9.17, 15) is 4.79 Å². The largest absolute Gasteiger partial charge is 0.478 e. The van der Waals surface area contributed by atoms with Crippen LogP contribution in [-0.4, -0.2) is 11.1 Å². The number of hydrogen-bond acceptors (Lipinski definition) is 1. The van der Waals surface area contributed by atoms with Crippen LogP contribution in [0.2, 0.25) is 0 Å². The molecule has 2 nitrogen and oxygen atoms in total. The molecule has 1 aliphatic carbocycles. The second-order valence-corrected chi connectivity index (χ2v) is 5.86. The smallest absolute Gasteiger partial charge is 0.328 e. The van der Waals surface area contributed by atoms with Crippen LogP contribution in [0.15, 0.2) is 58.7 Å². The lowest BCUT2D eigenvalue weighted by atomic mass is 9.84. The van der Waals surface area contributed by atoms with Gasteiger partial charge in [-0.3, -0.25) is 0 Å². The van der Waals surface area contributed by atoms with Crippen molar-refractivity contribution in [3.8, 4) is 0 Å². The number of carboxylic acid groups (broad SMARTS) is 1. The number of aliphatic carboxylic acids is 1. The Bertz CT molecular complexity index is 528. The average molecular weight is 286 g/mol. The Kier molecular flexibility index (Phi) is 6.93. The van der Waals surface area contributed by atoms with Gasteiger partial charge in [0, 0.05) is 6.08 Å². The maximum atomic E-state index is 10.5. The standard InChI is InChI=1S/C19H26O2/c1-14(7-5-8-15(2)13-19(20)21)11-12-18-16(3)9-6-10-17(18)4/h5,7-8,11-13,16H,6,9-10H2,1-4H3,(H,20,21). The second-order valence-electron chi connectivity index (χ2n) is 5.86. The van der Waals surface area contributed by atoms with Crippen molar-refractivity contribution in [1.29, 1.82) is 0 Å². The summed E-state index contributed by atoms with van der Waals surface area (Å²) in [7, 11) is 0. The van der Waals surface area contributed by atoms with Crippen LogP contribution < -0.4 is 0 Å². The SMILES string of the molecule is CC(C=CC1=C(C)CCCC1C)=CC=CC(C)=CC(=O)O. The summed E-state index contributed by atoms with van der Waals surface area (Å²) in [5.41, 5.74) is 4.87. The topological polar surface area (TPSA) is 37.3 Å². The fourth-order valence-electron chi connectivity index (χ4n) is 2.57. The lowest BCUT2D eigenvalue weighted by Gasteiger charge is -2.22. The second kappa shape index (κ2) is 8.46. The zero-order valence-electron chi connectivity index (χ0n) is 13.5. The van der Waals surface area contributed by atoms with Crippen LogP contribution in [-0.2, 0) is 4.79 Å². The first-order valence-electron chi connectivity index (χ1n) is 7.54. The number of allylic oxidation sites excluding steroid dienone is 9. The Hall–Kier alpha value is -1.83. The fraction of sp³-hybridized carbons (Fsp3) is 0.421. The Morgan fingerprint density at radius 1 is 1.24 bits per heavy atom. The van der Waals surface area contributed by atoms with E-state index in [0.29, 0.717) is 5.92 Å². The molecule has 21 heavy (non-hydrogen) atoms. The van der Waals surface area contributed by atoms with Crippen molar-refractivity contribution in [3.63, 3.8) is 0 Å². The van der Waals surface area contributed by atoms with Crippen LogP contribution in [0.25, 0.3) is 0 Å². The summed E-state index contributed by atoms with van der Waals surface area (Å²) < 4.78 is 0. The molecule has 0 saturated heterocycles. The summed E-state index contributed by atoms with van der Waals surface area (Å²) >= 11 is 0. The molecule has 1 N–H and O–H groups in total. The van der Waals surface area contributed by atoms with Gasteiger partial charge in [0.15, 0.2) is 0 Å². The maximum Gasteiger partial charge on any atom is 0.328 e. The third kappa shape index (κ3) is 6.44. The zero-order valence-corrected chi connectivity index (χ0v) is 13.5. The molecule has 114 valence electrons. The van der Waals surface area contributed by atoms with Gasteiger partial charge in [-0.1, -0.05) is 48.5 Å². The molecular weight excluding hydrogens is 260 g/mol. The Morgan fingerprint density at radius 2 is 1.95 bits per heavy atom. The van der Waals surface area contributed by atoms with Crippen LogP contribution in [0.3, 0.4) is 0 Å². The molecule has 2 heteroatoms. The van der Waals surface area contributed by atoms with Crippen LogP contribution >= 0.6 is 0 Å². The first-order chi connectivity index (χ1) is 9.90. The molecule has 0 aromatic heterocycles. The van der Waals surface area contributed by atoms with Crippen LogP contribution in [0, 0.1) is 5.92 Å². The predicted octanol–water partition coefficient (Wildman–Crippen LogP) is 5.21. The predicted molar refractivity (Wildman–Crippen MR) is 89.1 cm³/mol. The summed E-state index contributed by atoms with van der Waals surface area (Å²) in [4.78, 5) is 10.5. The molecule has 0 spiro atoms. The quantitative estimate of drug-likeness (QED) is 0.556. The Morgan fingerprint density at radius 3 is 2.57 bits per heavy atom. The summed E-state index contributed by atoms with van der Waals surface area (Å²) in [6.45, 7) is 8.36. The molecule has 1 unspecified atom stereocenters. The monoisotopic (exact) mass is 286 g/mol. The van der Waals surface area contributed by atoms with E-state index in [1.807, 2.05) is 12.2 Å². The minimum absolute atomic E-state index is 0.652. The molecule has 0 heterocycles. The normalized spacial score (nSPS) is 21.6. The first-order valence-corrected chi connectivity index (χ1v) is 7.54. The molecule has 0 aliphatic heterocycles. The molecule has 0 aromatic rings. The van der Waals surface area contributed by atoms with Crippen LogP contribution in [0.1, 0.15) is 47.0 Å². The molecule has 1 rings (SSSR count). The van der Waals surface area contributed by atoms with Crippen molar-refractivity contribution in [2.24, 2.45) is 5.92 Å². The first kappa shape index (κ1) is 17.2. The van der Waals surface area contributed by atoms with Crippen LogP contribution in [0.4, 0.5) is 0 Å². The Labute approximate surface area is 128 Å². The van der Waals surface area contributed by atoms with Gasteiger partial charge in [0.1, 0.15) is 0 Å². The molecule has 0 bridgehead atoms. The maximum absolute atomic E-state index is 10.5. The summed E-state index contributed by atoms with van der Waals surface area (Å²) in [6.07, 6.45) is 15.1. The number of hydrogen-bond donors (Lipinski definition) is 1. The summed E-state index contributed by atoms with van der Waals surface area (Å²) in [5, 5.41) is 8.63. The van der Waals surface area contributed by atoms with Gasteiger partial charge in [0.25, 0.3) is 0 Å². The Balaban J connectivity index is 2.70.